The first-order valence-electron chi connectivity index (χ1n) is 12.5. The summed E-state index contributed by atoms with van der Waals surface area (Å²) in [5.74, 6) is 0. The van der Waals surface area contributed by atoms with Crippen LogP contribution in [0.3, 0.4) is 0 Å². The molecule has 192 valence electrons. The zero-order valence-corrected chi connectivity index (χ0v) is 20.9. The van der Waals surface area contributed by atoms with Crippen molar-refractivity contribution in [3.63, 3.8) is 0 Å². The molecule has 3 aromatic rings. The molecule has 0 aliphatic carbocycles. The van der Waals surface area contributed by atoms with Crippen molar-refractivity contribution in [1.82, 2.24) is 0 Å². The lowest BCUT2D eigenvalue weighted by atomic mass is 9.98. The van der Waals surface area contributed by atoms with Crippen molar-refractivity contribution in [2.45, 2.75) is 70.5 Å². The maximum Gasteiger partial charge on any atom is 0.186 e. The van der Waals surface area contributed by atoms with Crippen molar-refractivity contribution in [1.29, 1.82) is 0 Å². The number of aliphatic hydroxyl groups is 1. The van der Waals surface area contributed by atoms with E-state index in [0.29, 0.717) is 19.8 Å². The molecular weight excluding hydrogens is 456 g/mol. The monoisotopic (exact) mass is 492 g/mol. The molecule has 0 amide bonds. The van der Waals surface area contributed by atoms with Gasteiger partial charge in [0.1, 0.15) is 24.4 Å². The van der Waals surface area contributed by atoms with E-state index < -0.39 is 30.7 Å². The van der Waals surface area contributed by atoms with E-state index in [2.05, 4.69) is 0 Å². The molecule has 1 aliphatic heterocycles. The molecule has 0 bridgehead atoms. The van der Waals surface area contributed by atoms with E-state index in [9.17, 15) is 5.11 Å². The zero-order chi connectivity index (χ0) is 25.2. The number of ether oxygens (including phenoxy) is 5. The maximum absolute atomic E-state index is 11.2. The molecule has 4 rings (SSSR count). The third-order valence-electron chi connectivity index (χ3n) is 5.99. The minimum atomic E-state index is -1.03. The van der Waals surface area contributed by atoms with Crippen LogP contribution in [0, 0.1) is 0 Å². The molecule has 3 aromatic carbocycles. The Morgan fingerprint density at radius 2 is 1.17 bits per heavy atom. The van der Waals surface area contributed by atoms with Crippen LogP contribution in [0.2, 0.25) is 0 Å². The summed E-state index contributed by atoms with van der Waals surface area (Å²) >= 11 is 0. The Hall–Kier alpha value is -2.58. The Morgan fingerprint density at radius 1 is 0.694 bits per heavy atom. The average Bonchev–Trinajstić information content (AvgIpc) is 2.90. The smallest absolute Gasteiger partial charge is 0.186 e. The van der Waals surface area contributed by atoms with Crippen molar-refractivity contribution < 1.29 is 28.8 Å². The Labute approximate surface area is 213 Å². The molecule has 1 fully saturated rings. The van der Waals surface area contributed by atoms with Crippen molar-refractivity contribution in [2.24, 2.45) is 0 Å². The highest BCUT2D eigenvalue weighted by molar-refractivity contribution is 5.15. The van der Waals surface area contributed by atoms with Crippen LogP contribution in [0.1, 0.15) is 30.5 Å². The standard InChI is InChI=1S/C30H36O6/c1-22(2)35-30-27(31)29(34-20-25-16-10-5-11-17-25)28(33-19-24-14-8-4-9-15-24)26(36-30)21-32-18-23-12-6-3-7-13-23/h3-17,22,26-31H,18-21H2,1-2H3/t26-,27+,28-,29-,30-/m1/s1. The van der Waals surface area contributed by atoms with E-state index >= 15 is 0 Å². The Kier molecular flexibility index (Phi) is 10.0. The highest BCUT2D eigenvalue weighted by Gasteiger charge is 2.47. The fourth-order valence-corrected chi connectivity index (χ4v) is 4.20. The van der Waals surface area contributed by atoms with Crippen molar-refractivity contribution in [3.05, 3.63) is 108 Å². The quantitative estimate of drug-likeness (QED) is 0.389. The van der Waals surface area contributed by atoms with Crippen LogP contribution in [0.15, 0.2) is 91.0 Å². The van der Waals surface area contributed by atoms with Crippen LogP contribution < -0.4 is 0 Å². The molecule has 6 heteroatoms. The SMILES string of the molecule is CC(C)O[C@@H]1O[C@H](COCc2ccccc2)[C@@H](OCc2ccccc2)[C@H](OCc2ccccc2)[C@@H]1O. The second-order valence-electron chi connectivity index (χ2n) is 9.24. The van der Waals surface area contributed by atoms with Crippen LogP contribution in [0.5, 0.6) is 0 Å². The molecule has 1 saturated heterocycles. The first kappa shape index (κ1) is 26.5. The molecule has 1 heterocycles. The first-order chi connectivity index (χ1) is 17.6. The van der Waals surface area contributed by atoms with E-state index in [1.165, 1.54) is 0 Å². The lowest BCUT2D eigenvalue weighted by Gasteiger charge is -2.44. The summed E-state index contributed by atoms with van der Waals surface area (Å²) in [6.45, 7) is 5.23. The highest BCUT2D eigenvalue weighted by atomic mass is 16.7. The number of hydrogen-bond acceptors (Lipinski definition) is 6. The lowest BCUT2D eigenvalue weighted by molar-refractivity contribution is -0.325. The number of hydrogen-bond donors (Lipinski definition) is 1. The summed E-state index contributed by atoms with van der Waals surface area (Å²) < 4.78 is 30.9. The fraction of sp³-hybridized carbons (Fsp3) is 0.400. The van der Waals surface area contributed by atoms with Crippen molar-refractivity contribution >= 4 is 0 Å². The summed E-state index contributed by atoms with van der Waals surface area (Å²) in [6, 6.07) is 29.8. The van der Waals surface area contributed by atoms with E-state index in [1.807, 2.05) is 105 Å². The van der Waals surface area contributed by atoms with Gasteiger partial charge >= 0.3 is 0 Å². The fourth-order valence-electron chi connectivity index (χ4n) is 4.20. The summed E-state index contributed by atoms with van der Waals surface area (Å²) in [7, 11) is 0. The molecule has 0 spiro atoms. The van der Waals surface area contributed by atoms with Gasteiger partial charge in [0.05, 0.1) is 32.5 Å². The van der Waals surface area contributed by atoms with Crippen molar-refractivity contribution in [2.75, 3.05) is 6.61 Å². The highest BCUT2D eigenvalue weighted by Crippen LogP contribution is 2.29. The molecule has 1 N–H and O–H groups in total. The van der Waals surface area contributed by atoms with Gasteiger partial charge in [0.25, 0.3) is 0 Å². The van der Waals surface area contributed by atoms with Crippen LogP contribution >= 0.6 is 0 Å². The van der Waals surface area contributed by atoms with E-state index in [0.717, 1.165) is 16.7 Å². The average molecular weight is 493 g/mol. The summed E-state index contributed by atoms with van der Waals surface area (Å²) in [5.41, 5.74) is 3.11. The normalized spacial score (nSPS) is 24.2. The molecule has 0 saturated carbocycles. The van der Waals surface area contributed by atoms with Gasteiger partial charge in [-0.3, -0.25) is 0 Å². The molecule has 0 aromatic heterocycles. The predicted octanol–water partition coefficient (Wildman–Crippen LogP) is 4.88. The number of rotatable bonds is 12. The van der Waals surface area contributed by atoms with Gasteiger partial charge < -0.3 is 28.8 Å². The molecule has 6 nitrogen and oxygen atoms in total. The summed E-state index contributed by atoms with van der Waals surface area (Å²) in [4.78, 5) is 0. The summed E-state index contributed by atoms with van der Waals surface area (Å²) in [5, 5.41) is 11.2. The molecule has 0 unspecified atom stereocenters. The molecule has 5 atom stereocenters. The Bertz CT molecular complexity index is 998. The topological polar surface area (TPSA) is 66.4 Å². The van der Waals surface area contributed by atoms with Crippen molar-refractivity contribution in [3.8, 4) is 0 Å². The van der Waals surface area contributed by atoms with Gasteiger partial charge in [0, 0.05) is 0 Å². The van der Waals surface area contributed by atoms with Gasteiger partial charge in [-0.05, 0) is 30.5 Å². The molecular formula is C30H36O6. The van der Waals surface area contributed by atoms with Gasteiger partial charge in [0.2, 0.25) is 0 Å². The predicted molar refractivity (Wildman–Crippen MR) is 137 cm³/mol. The van der Waals surface area contributed by atoms with Crippen LogP contribution in [0.4, 0.5) is 0 Å². The van der Waals surface area contributed by atoms with Crippen LogP contribution in [0.25, 0.3) is 0 Å². The van der Waals surface area contributed by atoms with Gasteiger partial charge in [-0.25, -0.2) is 0 Å². The second kappa shape index (κ2) is 13.7. The first-order valence-corrected chi connectivity index (χ1v) is 12.5. The Balaban J connectivity index is 1.52. The van der Waals surface area contributed by atoms with Crippen LogP contribution in [-0.4, -0.2) is 48.5 Å². The number of benzene rings is 3. The van der Waals surface area contributed by atoms with Gasteiger partial charge in [-0.1, -0.05) is 91.0 Å². The third-order valence-corrected chi connectivity index (χ3v) is 5.99. The van der Waals surface area contributed by atoms with Gasteiger partial charge in [-0.2, -0.15) is 0 Å². The summed E-state index contributed by atoms with van der Waals surface area (Å²) in [6.07, 6.45) is -3.74. The second-order valence-corrected chi connectivity index (χ2v) is 9.24. The minimum absolute atomic E-state index is 0.132. The lowest BCUT2D eigenvalue weighted by Crippen LogP contribution is -2.61. The molecule has 1 aliphatic rings. The molecule has 0 radical (unpaired) electrons. The minimum Gasteiger partial charge on any atom is -0.385 e. The third kappa shape index (κ3) is 7.71. The zero-order valence-electron chi connectivity index (χ0n) is 20.9. The molecule has 36 heavy (non-hydrogen) atoms. The van der Waals surface area contributed by atoms with Gasteiger partial charge in [0.15, 0.2) is 6.29 Å². The largest absolute Gasteiger partial charge is 0.385 e. The Morgan fingerprint density at radius 3 is 1.67 bits per heavy atom. The van der Waals surface area contributed by atoms with Gasteiger partial charge in [-0.15, -0.1) is 0 Å². The maximum atomic E-state index is 11.2. The van der Waals surface area contributed by atoms with E-state index in [1.54, 1.807) is 0 Å². The van der Waals surface area contributed by atoms with E-state index in [4.69, 9.17) is 23.7 Å². The van der Waals surface area contributed by atoms with Crippen LogP contribution in [-0.2, 0) is 43.5 Å². The van der Waals surface area contributed by atoms with E-state index in [-0.39, 0.29) is 12.7 Å². The number of aliphatic hydroxyl groups excluding tert-OH is 1.